The number of fused-ring (bicyclic) bond motifs is 1. The number of aliphatic hydroxyl groups is 1. The molecule has 1 aliphatic heterocycles. The van der Waals surface area contributed by atoms with Gasteiger partial charge in [0.1, 0.15) is 19.0 Å². The maximum Gasteiger partial charge on any atom is 0.273 e. The maximum atomic E-state index is 14.4. The quantitative estimate of drug-likeness (QED) is 0.314. The Hall–Kier alpha value is -3.52. The molecule has 1 aliphatic rings. The highest BCUT2D eigenvalue weighted by molar-refractivity contribution is 6.01. The van der Waals surface area contributed by atoms with Gasteiger partial charge in [0.25, 0.3) is 11.8 Å². The highest BCUT2D eigenvalue weighted by Crippen LogP contribution is 2.37. The van der Waals surface area contributed by atoms with Gasteiger partial charge in [0.05, 0.1) is 19.8 Å². The Morgan fingerprint density at radius 2 is 1.78 bits per heavy atom. The molecule has 3 rings (SSSR count). The van der Waals surface area contributed by atoms with Crippen LogP contribution in [0.25, 0.3) is 0 Å². The average Bonchev–Trinajstić information content (AvgIpc) is 2.92. The molecule has 224 valence electrons. The molecule has 1 unspecified atom stereocenters. The first-order chi connectivity index (χ1) is 19.1. The van der Waals surface area contributed by atoms with Crippen LogP contribution in [0.3, 0.4) is 0 Å². The number of rotatable bonds is 7. The third kappa shape index (κ3) is 7.04. The van der Waals surface area contributed by atoms with E-state index in [9.17, 15) is 14.7 Å². The number of amides is 2. The number of methoxy groups -OCH3 is 1. The minimum Gasteiger partial charge on any atom is -0.496 e. The summed E-state index contributed by atoms with van der Waals surface area (Å²) >= 11 is 0. The molecular weight excluding hydrogens is 520 g/mol. The van der Waals surface area contributed by atoms with E-state index in [0.29, 0.717) is 53.6 Å². The van der Waals surface area contributed by atoms with E-state index in [1.807, 2.05) is 41.5 Å². The molecule has 2 aromatic rings. The number of allylic oxidation sites excluding steroid dienone is 1. The molecule has 0 aromatic heterocycles. The molecule has 0 bridgehead atoms. The topological polar surface area (TPSA) is 97.3 Å². The minimum atomic E-state index is -0.509. The summed E-state index contributed by atoms with van der Waals surface area (Å²) in [6, 6.07) is 6.24. The van der Waals surface area contributed by atoms with Crippen molar-refractivity contribution in [2.45, 2.75) is 81.4 Å². The van der Waals surface area contributed by atoms with E-state index in [0.717, 1.165) is 16.7 Å². The molecule has 0 saturated carbocycles. The number of nitrogens with one attached hydrogen (secondary N) is 1. The number of carbonyl (C=O) groups is 2. The summed E-state index contributed by atoms with van der Waals surface area (Å²) in [6.07, 6.45) is 2.60. The third-order valence-electron chi connectivity index (χ3n) is 7.71. The van der Waals surface area contributed by atoms with Crippen LogP contribution in [0, 0.1) is 17.8 Å². The molecule has 0 spiro atoms. The number of ether oxygens (including phenoxy) is 3. The van der Waals surface area contributed by atoms with Crippen molar-refractivity contribution in [3.63, 3.8) is 0 Å². The van der Waals surface area contributed by atoms with Gasteiger partial charge in [-0.2, -0.15) is 0 Å². The largest absolute Gasteiger partial charge is 0.496 e. The third-order valence-corrected chi connectivity index (χ3v) is 7.71. The predicted molar refractivity (Wildman–Crippen MR) is 161 cm³/mol. The highest BCUT2D eigenvalue weighted by Gasteiger charge is 2.36. The SMILES string of the molecule is CCc1c(C(=O)NN(C(=O)c2cc(CO)c(C)c(OC)c2)C(/C=C(\C)C(C)(C)C)C(C)(C)C)ccc2c1OCCO2. The van der Waals surface area contributed by atoms with E-state index in [1.54, 1.807) is 24.3 Å². The van der Waals surface area contributed by atoms with Gasteiger partial charge in [-0.15, -0.1) is 0 Å². The van der Waals surface area contributed by atoms with Crippen LogP contribution in [0.2, 0.25) is 0 Å². The van der Waals surface area contributed by atoms with Gasteiger partial charge in [0.15, 0.2) is 11.5 Å². The first-order valence-corrected chi connectivity index (χ1v) is 14.2. The fourth-order valence-electron chi connectivity index (χ4n) is 4.74. The van der Waals surface area contributed by atoms with Gasteiger partial charge in [-0.25, -0.2) is 5.01 Å². The van der Waals surface area contributed by atoms with Crippen molar-refractivity contribution in [3.8, 4) is 17.2 Å². The van der Waals surface area contributed by atoms with Crippen molar-refractivity contribution >= 4 is 11.8 Å². The van der Waals surface area contributed by atoms with Crippen LogP contribution in [-0.4, -0.2) is 48.3 Å². The van der Waals surface area contributed by atoms with Crippen molar-refractivity contribution in [1.82, 2.24) is 10.4 Å². The van der Waals surface area contributed by atoms with E-state index in [2.05, 4.69) is 32.3 Å². The van der Waals surface area contributed by atoms with Crippen LogP contribution in [0.4, 0.5) is 0 Å². The first kappa shape index (κ1) is 32.0. The number of carbonyl (C=O) groups excluding carboxylic acids is 2. The summed E-state index contributed by atoms with van der Waals surface area (Å²) in [4.78, 5) is 28.3. The molecule has 2 N–H and O–H groups in total. The van der Waals surface area contributed by atoms with Crippen LogP contribution in [0.1, 0.15) is 92.8 Å². The first-order valence-electron chi connectivity index (χ1n) is 14.2. The van der Waals surface area contributed by atoms with Gasteiger partial charge in [-0.05, 0) is 66.5 Å². The minimum absolute atomic E-state index is 0.148. The lowest BCUT2D eigenvalue weighted by atomic mass is 9.80. The zero-order valence-corrected chi connectivity index (χ0v) is 26.2. The molecule has 1 atom stereocenters. The normalized spacial score (nSPS) is 14.4. The lowest BCUT2D eigenvalue weighted by Gasteiger charge is -2.40. The monoisotopic (exact) mass is 566 g/mol. The lowest BCUT2D eigenvalue weighted by Crippen LogP contribution is -2.56. The molecule has 0 radical (unpaired) electrons. The van der Waals surface area contributed by atoms with Gasteiger partial charge >= 0.3 is 0 Å². The number of benzene rings is 2. The Labute approximate surface area is 244 Å². The van der Waals surface area contributed by atoms with Crippen LogP contribution in [0.15, 0.2) is 35.9 Å². The lowest BCUT2D eigenvalue weighted by molar-refractivity contribution is 0.0389. The second kappa shape index (κ2) is 12.6. The van der Waals surface area contributed by atoms with Crippen molar-refractivity contribution in [2.75, 3.05) is 20.3 Å². The fourth-order valence-corrected chi connectivity index (χ4v) is 4.74. The second-order valence-electron chi connectivity index (χ2n) is 12.6. The van der Waals surface area contributed by atoms with E-state index in [-0.39, 0.29) is 12.0 Å². The van der Waals surface area contributed by atoms with Crippen molar-refractivity contribution < 1.29 is 28.9 Å². The zero-order chi connectivity index (χ0) is 30.7. The summed E-state index contributed by atoms with van der Waals surface area (Å²) in [7, 11) is 1.53. The van der Waals surface area contributed by atoms with Gasteiger partial charge < -0.3 is 19.3 Å². The zero-order valence-electron chi connectivity index (χ0n) is 26.2. The second-order valence-corrected chi connectivity index (χ2v) is 12.6. The Bertz CT molecular complexity index is 1290. The van der Waals surface area contributed by atoms with E-state index in [1.165, 1.54) is 12.1 Å². The molecule has 0 fully saturated rings. The molecule has 8 nitrogen and oxygen atoms in total. The molecule has 8 heteroatoms. The van der Waals surface area contributed by atoms with Gasteiger partial charge in [0, 0.05) is 16.7 Å². The van der Waals surface area contributed by atoms with E-state index < -0.39 is 23.3 Å². The van der Waals surface area contributed by atoms with E-state index in [4.69, 9.17) is 14.2 Å². The molecule has 1 heterocycles. The molecule has 0 aliphatic carbocycles. The number of nitrogens with zero attached hydrogens (tertiary/aromatic N) is 1. The standard InChI is InChI=1S/C33H46N2O6/c1-11-24-25(12-13-26-29(24)41-15-14-40-26)30(37)34-35(28(33(7,8)9)16-20(2)32(4,5)6)31(38)22-17-23(19-36)21(3)27(18-22)39-10/h12-13,16-18,28,36H,11,14-15,19H2,1-10H3,(H,34,37)/b20-16+. The summed E-state index contributed by atoms with van der Waals surface area (Å²) in [5, 5.41) is 11.4. The molecule has 0 saturated heterocycles. The number of hydrogen-bond acceptors (Lipinski definition) is 6. The van der Waals surface area contributed by atoms with Crippen molar-refractivity contribution in [1.29, 1.82) is 0 Å². The Morgan fingerprint density at radius 3 is 2.34 bits per heavy atom. The van der Waals surface area contributed by atoms with Crippen molar-refractivity contribution in [2.24, 2.45) is 10.8 Å². The summed E-state index contributed by atoms with van der Waals surface area (Å²) < 4.78 is 17.1. The average molecular weight is 567 g/mol. The molecular formula is C33H46N2O6. The number of hydrazine groups is 1. The Morgan fingerprint density at radius 1 is 1.12 bits per heavy atom. The number of aliphatic hydroxyl groups excluding tert-OH is 1. The molecule has 2 amide bonds. The van der Waals surface area contributed by atoms with Gasteiger partial charge in [-0.3, -0.25) is 15.0 Å². The maximum absolute atomic E-state index is 14.4. The molecule has 41 heavy (non-hydrogen) atoms. The number of hydrogen-bond donors (Lipinski definition) is 2. The van der Waals surface area contributed by atoms with Crippen LogP contribution >= 0.6 is 0 Å². The van der Waals surface area contributed by atoms with Crippen LogP contribution in [-0.2, 0) is 13.0 Å². The summed E-state index contributed by atoms with van der Waals surface area (Å²) in [5.41, 5.74) is 6.20. The Balaban J connectivity index is 2.19. The highest BCUT2D eigenvalue weighted by atomic mass is 16.6. The predicted octanol–water partition coefficient (Wildman–Crippen LogP) is 6.02. The Kier molecular flexibility index (Phi) is 9.80. The summed E-state index contributed by atoms with van der Waals surface area (Å²) in [6.45, 7) is 18.9. The molecule has 2 aromatic carbocycles. The van der Waals surface area contributed by atoms with Crippen LogP contribution in [0.5, 0.6) is 17.2 Å². The van der Waals surface area contributed by atoms with Gasteiger partial charge in [0.2, 0.25) is 0 Å². The smallest absolute Gasteiger partial charge is 0.273 e. The summed E-state index contributed by atoms with van der Waals surface area (Å²) in [5.74, 6) is 0.817. The van der Waals surface area contributed by atoms with Gasteiger partial charge in [-0.1, -0.05) is 60.1 Å². The van der Waals surface area contributed by atoms with Crippen molar-refractivity contribution in [3.05, 3.63) is 63.7 Å². The van der Waals surface area contributed by atoms with Crippen LogP contribution < -0.4 is 19.6 Å². The van der Waals surface area contributed by atoms with E-state index >= 15 is 0 Å². The fraction of sp³-hybridized carbons (Fsp3) is 0.515.